The minimum Gasteiger partial charge on any atom is -0.261 e. The van der Waals surface area contributed by atoms with Crippen molar-refractivity contribution in [1.82, 2.24) is 5.12 Å². The van der Waals surface area contributed by atoms with Gasteiger partial charge in [0.25, 0.3) is 0 Å². The lowest BCUT2D eigenvalue weighted by atomic mass is 9.64. The number of carbonyl (C=O) groups excluding carboxylic acids is 1. The van der Waals surface area contributed by atoms with E-state index in [9.17, 15) is 22.4 Å². The molecule has 1 amide bonds. The molecule has 1 aliphatic carbocycles. The summed E-state index contributed by atoms with van der Waals surface area (Å²) >= 11 is 0. The maximum Gasteiger partial charge on any atom is 0.474 e. The van der Waals surface area contributed by atoms with Gasteiger partial charge in [-0.1, -0.05) is 95.5 Å². The predicted octanol–water partition coefficient (Wildman–Crippen LogP) is 6.62. The number of hydrogen-bond acceptors (Lipinski definition) is 3. The zero-order valence-electron chi connectivity index (χ0n) is 19.1. The number of carbonyl (C=O) groups is 1. The van der Waals surface area contributed by atoms with E-state index in [1.807, 2.05) is 91.0 Å². The second-order valence-corrected chi connectivity index (χ2v) is 8.46. The third-order valence-electron chi connectivity index (χ3n) is 6.35. The molecule has 0 unspecified atom stereocenters. The Morgan fingerprint density at radius 3 is 1.65 bits per heavy atom. The van der Waals surface area contributed by atoms with E-state index < -0.39 is 40.6 Å². The normalized spacial score (nSPS) is 15.5. The van der Waals surface area contributed by atoms with Gasteiger partial charge in [0.15, 0.2) is 0 Å². The first kappa shape index (κ1) is 24.3. The Bertz CT molecular complexity index is 1360. The summed E-state index contributed by atoms with van der Waals surface area (Å²) in [7, 11) is 0. The van der Waals surface area contributed by atoms with E-state index in [1.165, 1.54) is 0 Å². The van der Waals surface area contributed by atoms with E-state index >= 15 is 4.39 Å². The fourth-order valence-corrected chi connectivity index (χ4v) is 4.74. The van der Waals surface area contributed by atoms with Gasteiger partial charge in [-0.25, -0.2) is 4.39 Å². The van der Waals surface area contributed by atoms with Crippen molar-refractivity contribution in [2.24, 2.45) is 10.2 Å². The minimum atomic E-state index is -5.51. The largest absolute Gasteiger partial charge is 0.474 e. The summed E-state index contributed by atoms with van der Waals surface area (Å²) in [6.07, 6.45) is -5.30. The summed E-state index contributed by atoms with van der Waals surface area (Å²) in [4.78, 5) is 11.4. The molecule has 0 aromatic heterocycles. The predicted molar refractivity (Wildman–Crippen MR) is 129 cm³/mol. The van der Waals surface area contributed by atoms with E-state index in [1.54, 1.807) is 0 Å². The van der Waals surface area contributed by atoms with Crippen molar-refractivity contribution < 1.29 is 26.8 Å². The van der Waals surface area contributed by atoms with Gasteiger partial charge in [0.05, 0.1) is 22.5 Å². The number of benzene rings is 3. The summed E-state index contributed by atoms with van der Waals surface area (Å²) in [5.41, 5.74) is 0.797. The van der Waals surface area contributed by atoms with Crippen LogP contribution in [0.3, 0.4) is 0 Å². The van der Waals surface area contributed by atoms with Crippen LogP contribution in [0.5, 0.6) is 0 Å². The van der Waals surface area contributed by atoms with Crippen LogP contribution in [0.4, 0.5) is 22.0 Å². The van der Waals surface area contributed by atoms with Crippen LogP contribution in [-0.2, 0) is 10.2 Å². The molecule has 0 radical (unpaired) electrons. The number of nitrogens with zero attached hydrogens (tertiary/aromatic N) is 3. The van der Waals surface area contributed by atoms with E-state index in [0.717, 1.165) is 22.8 Å². The Balaban J connectivity index is 1.72. The van der Waals surface area contributed by atoms with Crippen molar-refractivity contribution in [2.45, 2.75) is 18.0 Å². The van der Waals surface area contributed by atoms with Gasteiger partial charge in [-0.15, -0.1) is 5.12 Å². The van der Waals surface area contributed by atoms with Crippen LogP contribution in [0.15, 0.2) is 124 Å². The molecule has 4 nitrogen and oxygen atoms in total. The summed E-state index contributed by atoms with van der Waals surface area (Å²) in [6.45, 7) is 0. The average molecular weight is 507 g/mol. The Labute approximate surface area is 208 Å². The molecule has 0 fully saturated rings. The summed E-state index contributed by atoms with van der Waals surface area (Å²) < 4.78 is 67.9. The first-order valence-corrected chi connectivity index (χ1v) is 11.2. The topological polar surface area (TPSA) is 45.0 Å². The standard InChI is InChI=1S/C28H18F5N3O/c29-22-16-21-23(17-24(22)36(33)26(37)28(30,31)32)34-35-25(21)27(18-10-4-1-5-11-18,19-12-6-2-7-13-19)20-14-8-3-9-15-20/h1-16H,17H2. The molecule has 0 spiro atoms. The van der Waals surface area contributed by atoms with Crippen LogP contribution in [-0.4, -0.2) is 28.6 Å². The highest BCUT2D eigenvalue weighted by atomic mass is 19.4. The number of halogens is 5. The van der Waals surface area contributed by atoms with Crippen LogP contribution in [0.2, 0.25) is 0 Å². The Morgan fingerprint density at radius 2 is 1.22 bits per heavy atom. The molecule has 0 saturated heterocycles. The first-order chi connectivity index (χ1) is 17.7. The lowest BCUT2D eigenvalue weighted by Gasteiger charge is -2.37. The molecule has 9 heteroatoms. The molecular weight excluding hydrogens is 489 g/mol. The minimum absolute atomic E-state index is 0.0520. The number of allylic oxidation sites excluding steroid dienone is 4. The van der Waals surface area contributed by atoms with Crippen LogP contribution < -0.4 is 0 Å². The molecule has 1 aliphatic heterocycles. The zero-order chi connectivity index (χ0) is 26.2. The summed E-state index contributed by atoms with van der Waals surface area (Å²) in [6, 6.07) is 28.0. The van der Waals surface area contributed by atoms with Crippen molar-refractivity contribution >= 4 is 17.3 Å². The van der Waals surface area contributed by atoms with Gasteiger partial charge in [0, 0.05) is 12.0 Å². The summed E-state index contributed by atoms with van der Waals surface area (Å²) in [5.74, 6) is -4.13. The van der Waals surface area contributed by atoms with E-state index in [0.29, 0.717) is 5.71 Å². The molecule has 37 heavy (non-hydrogen) atoms. The molecule has 0 saturated carbocycles. The van der Waals surface area contributed by atoms with Gasteiger partial charge in [-0.05, 0) is 22.8 Å². The van der Waals surface area contributed by atoms with Crippen molar-refractivity contribution in [1.29, 1.82) is 0 Å². The molecule has 2 aliphatic rings. The van der Waals surface area contributed by atoms with Gasteiger partial charge < -0.3 is 0 Å². The van der Waals surface area contributed by atoms with Crippen molar-refractivity contribution in [2.75, 3.05) is 0 Å². The Morgan fingerprint density at radius 1 is 0.757 bits per heavy atom. The van der Waals surface area contributed by atoms with Crippen LogP contribution >= 0.6 is 0 Å². The average Bonchev–Trinajstić information content (AvgIpc) is 3.32. The van der Waals surface area contributed by atoms with Crippen molar-refractivity contribution in [3.63, 3.8) is 0 Å². The summed E-state index contributed by atoms with van der Waals surface area (Å²) in [5, 5.41) is 7.31. The molecule has 3 aromatic carbocycles. The molecule has 0 atom stereocenters. The maximum atomic E-state index is 15.1. The van der Waals surface area contributed by atoms with E-state index in [4.69, 9.17) is 0 Å². The number of alkyl halides is 3. The maximum absolute atomic E-state index is 15.1. The van der Waals surface area contributed by atoms with Crippen molar-refractivity contribution in [3.05, 3.63) is 131 Å². The highest BCUT2D eigenvalue weighted by molar-refractivity contribution is 6.32. The highest BCUT2D eigenvalue weighted by Gasteiger charge is 2.49. The van der Waals surface area contributed by atoms with Crippen molar-refractivity contribution in [3.8, 4) is 0 Å². The van der Waals surface area contributed by atoms with Gasteiger partial charge in [0.1, 0.15) is 5.83 Å². The molecular formula is C28H18F5N3O. The molecule has 186 valence electrons. The lowest BCUT2D eigenvalue weighted by Crippen LogP contribution is -2.41. The molecule has 0 N–H and O–H groups in total. The second-order valence-electron chi connectivity index (χ2n) is 8.46. The number of rotatable bonds is 5. The zero-order valence-corrected chi connectivity index (χ0v) is 19.1. The second kappa shape index (κ2) is 9.24. The Kier molecular flexibility index (Phi) is 6.07. The highest BCUT2D eigenvalue weighted by Crippen LogP contribution is 2.46. The molecule has 3 aromatic rings. The lowest BCUT2D eigenvalue weighted by molar-refractivity contribution is -0.196. The number of amides is 1. The Hall–Kier alpha value is -4.40. The molecule has 0 bridgehead atoms. The van der Waals surface area contributed by atoms with Crippen LogP contribution in [0, 0.1) is 0 Å². The third kappa shape index (κ3) is 4.06. The van der Waals surface area contributed by atoms with Gasteiger partial charge in [-0.3, -0.25) is 4.79 Å². The van der Waals surface area contributed by atoms with Gasteiger partial charge in [0.2, 0.25) is 0 Å². The monoisotopic (exact) mass is 507 g/mol. The molecule has 5 rings (SSSR count). The third-order valence-corrected chi connectivity index (χ3v) is 6.35. The molecule has 1 heterocycles. The number of hydrogen-bond donors (Lipinski definition) is 0. The number of fused-ring (bicyclic) bond motifs is 1. The van der Waals surface area contributed by atoms with E-state index in [-0.39, 0.29) is 11.3 Å². The quantitative estimate of drug-likeness (QED) is 0.218. The van der Waals surface area contributed by atoms with Gasteiger partial charge >= 0.3 is 12.1 Å². The fourth-order valence-electron chi connectivity index (χ4n) is 4.74. The first-order valence-electron chi connectivity index (χ1n) is 11.2. The SMILES string of the molecule is O=C(N(F)C1=C(F)C=C2C(=NN=C2C(c2ccccc2)(c2ccccc2)c2ccccc2)C1)C(F)(F)F. The fraction of sp³-hybridized carbons (Fsp3) is 0.107. The van der Waals surface area contributed by atoms with Crippen LogP contribution in [0.1, 0.15) is 23.1 Å². The van der Waals surface area contributed by atoms with E-state index in [2.05, 4.69) is 10.2 Å². The van der Waals surface area contributed by atoms with Gasteiger partial charge in [-0.2, -0.15) is 23.4 Å². The van der Waals surface area contributed by atoms with Crippen LogP contribution in [0.25, 0.3) is 0 Å². The smallest absolute Gasteiger partial charge is 0.261 e.